The summed E-state index contributed by atoms with van der Waals surface area (Å²) in [5, 5.41) is 0. The summed E-state index contributed by atoms with van der Waals surface area (Å²) in [6.07, 6.45) is 4.91. The molecule has 0 radical (unpaired) electrons. The average Bonchev–Trinajstić information content (AvgIpc) is 2.83. The summed E-state index contributed by atoms with van der Waals surface area (Å²) in [6.45, 7) is 8.34. The van der Waals surface area contributed by atoms with E-state index in [4.69, 9.17) is 0 Å². The number of hydrogen-bond acceptors (Lipinski definition) is 3. The second-order valence-corrected chi connectivity index (χ2v) is 9.45. The molecule has 4 nitrogen and oxygen atoms in total. The van der Waals surface area contributed by atoms with Crippen molar-refractivity contribution in [3.63, 3.8) is 0 Å². The highest BCUT2D eigenvalue weighted by atomic mass is 19.1. The van der Waals surface area contributed by atoms with Crippen molar-refractivity contribution in [1.82, 2.24) is 14.7 Å². The predicted octanol–water partition coefficient (Wildman–Crippen LogP) is 4.76. The maximum absolute atomic E-state index is 13.3. The molecule has 0 aromatic heterocycles. The molecule has 172 valence electrons. The number of piperidine rings is 2. The molecule has 2 aromatic carbocycles. The van der Waals surface area contributed by atoms with Crippen LogP contribution in [0.1, 0.15) is 43.0 Å². The van der Waals surface area contributed by atoms with Gasteiger partial charge >= 0.3 is 0 Å². The minimum Gasteiger partial charge on any atom is -0.339 e. The van der Waals surface area contributed by atoms with Crippen molar-refractivity contribution < 1.29 is 9.18 Å². The summed E-state index contributed by atoms with van der Waals surface area (Å²) < 4.78 is 13.3. The van der Waals surface area contributed by atoms with Crippen LogP contribution in [0.3, 0.4) is 0 Å². The van der Waals surface area contributed by atoms with Gasteiger partial charge in [-0.1, -0.05) is 24.3 Å². The Bertz CT molecular complexity index is 884. The fourth-order valence-electron chi connectivity index (χ4n) is 5.18. The van der Waals surface area contributed by atoms with Crippen LogP contribution < -0.4 is 0 Å². The Kier molecular flexibility index (Phi) is 7.59. The summed E-state index contributed by atoms with van der Waals surface area (Å²) in [7, 11) is 2.22. The lowest BCUT2D eigenvalue weighted by molar-refractivity contribution is 0.0611. The van der Waals surface area contributed by atoms with E-state index in [0.29, 0.717) is 11.5 Å². The molecule has 32 heavy (non-hydrogen) atoms. The third-order valence-corrected chi connectivity index (χ3v) is 7.29. The van der Waals surface area contributed by atoms with Gasteiger partial charge in [-0.05, 0) is 107 Å². The second kappa shape index (κ2) is 10.6. The van der Waals surface area contributed by atoms with Crippen molar-refractivity contribution >= 4 is 5.91 Å². The number of rotatable bonds is 6. The van der Waals surface area contributed by atoms with Crippen molar-refractivity contribution in [2.75, 3.05) is 46.3 Å². The van der Waals surface area contributed by atoms with E-state index in [0.717, 1.165) is 43.3 Å². The lowest BCUT2D eigenvalue weighted by atomic mass is 9.92. The zero-order valence-electron chi connectivity index (χ0n) is 19.5. The topological polar surface area (TPSA) is 26.8 Å². The van der Waals surface area contributed by atoms with Crippen LogP contribution in [0.2, 0.25) is 0 Å². The molecule has 2 aromatic rings. The van der Waals surface area contributed by atoms with Crippen LogP contribution in [0, 0.1) is 11.7 Å². The van der Waals surface area contributed by atoms with Crippen LogP contribution in [-0.4, -0.2) is 73.0 Å². The molecule has 2 fully saturated rings. The first-order valence-electron chi connectivity index (χ1n) is 12.1. The van der Waals surface area contributed by atoms with Gasteiger partial charge in [0.25, 0.3) is 5.91 Å². The second-order valence-electron chi connectivity index (χ2n) is 9.45. The van der Waals surface area contributed by atoms with Crippen LogP contribution in [0.5, 0.6) is 0 Å². The zero-order valence-corrected chi connectivity index (χ0v) is 19.5. The molecule has 0 atom stereocenters. The number of hydrogen-bond donors (Lipinski definition) is 0. The fraction of sp³-hybridized carbons (Fsp3) is 0.519. The van der Waals surface area contributed by atoms with Gasteiger partial charge in [-0.15, -0.1) is 0 Å². The first kappa shape index (κ1) is 22.9. The van der Waals surface area contributed by atoms with Crippen LogP contribution >= 0.6 is 0 Å². The van der Waals surface area contributed by atoms with E-state index in [9.17, 15) is 9.18 Å². The van der Waals surface area contributed by atoms with Crippen molar-refractivity contribution in [2.45, 2.75) is 38.6 Å². The molecule has 4 rings (SSSR count). The zero-order chi connectivity index (χ0) is 22.5. The number of halogens is 1. The van der Waals surface area contributed by atoms with E-state index >= 15 is 0 Å². The molecule has 0 unspecified atom stereocenters. The molecule has 2 heterocycles. The molecule has 2 saturated heterocycles. The van der Waals surface area contributed by atoms with E-state index in [1.165, 1.54) is 50.9 Å². The molecular weight excluding hydrogens is 401 g/mol. The highest BCUT2D eigenvalue weighted by Crippen LogP contribution is 2.26. The highest BCUT2D eigenvalue weighted by molar-refractivity contribution is 5.95. The summed E-state index contributed by atoms with van der Waals surface area (Å²) in [5.41, 5.74) is 2.57. The largest absolute Gasteiger partial charge is 0.339 e. The normalized spacial score (nSPS) is 19.2. The maximum Gasteiger partial charge on any atom is 0.253 e. The standard InChI is InChI=1S/C27H36FN3O/c1-3-30(20-21-11-17-31(18-12-21)26-13-15-29(2)16-14-26)27(32)24-6-4-5-23(19-24)22-7-9-25(28)10-8-22/h4-10,19,21,26H,3,11-18,20H2,1-2H3. The number of nitrogens with zero attached hydrogens (tertiary/aromatic N) is 3. The molecule has 0 N–H and O–H groups in total. The van der Waals surface area contributed by atoms with Gasteiger partial charge in [0.05, 0.1) is 0 Å². The third kappa shape index (κ3) is 5.57. The Morgan fingerprint density at radius 2 is 1.66 bits per heavy atom. The predicted molar refractivity (Wildman–Crippen MR) is 128 cm³/mol. The number of likely N-dealkylation sites (tertiary alicyclic amines) is 2. The molecule has 0 spiro atoms. The first-order valence-corrected chi connectivity index (χ1v) is 12.1. The van der Waals surface area contributed by atoms with Gasteiger partial charge in [-0.3, -0.25) is 4.79 Å². The van der Waals surface area contributed by atoms with Gasteiger partial charge in [0.2, 0.25) is 0 Å². The lowest BCUT2D eigenvalue weighted by Gasteiger charge is -2.41. The smallest absolute Gasteiger partial charge is 0.253 e. The molecular formula is C27H36FN3O. The van der Waals surface area contributed by atoms with Gasteiger partial charge in [-0.2, -0.15) is 0 Å². The quantitative estimate of drug-likeness (QED) is 0.652. The van der Waals surface area contributed by atoms with Crippen molar-refractivity contribution in [3.8, 4) is 11.1 Å². The Balaban J connectivity index is 1.34. The monoisotopic (exact) mass is 437 g/mol. The minimum absolute atomic E-state index is 0.0919. The molecule has 5 heteroatoms. The lowest BCUT2D eigenvalue weighted by Crippen LogP contribution is -2.48. The van der Waals surface area contributed by atoms with Crippen LogP contribution in [0.15, 0.2) is 48.5 Å². The number of carbonyl (C=O) groups is 1. The van der Waals surface area contributed by atoms with Crippen LogP contribution in [0.4, 0.5) is 4.39 Å². The summed E-state index contributed by atoms with van der Waals surface area (Å²) in [5.74, 6) is 0.413. The van der Waals surface area contributed by atoms with E-state index in [-0.39, 0.29) is 11.7 Å². The molecule has 2 aliphatic rings. The van der Waals surface area contributed by atoms with E-state index in [1.807, 2.05) is 29.2 Å². The van der Waals surface area contributed by atoms with Crippen LogP contribution in [0.25, 0.3) is 11.1 Å². The first-order chi connectivity index (χ1) is 15.5. The average molecular weight is 438 g/mol. The van der Waals surface area contributed by atoms with Gasteiger partial charge in [0.15, 0.2) is 0 Å². The molecule has 0 bridgehead atoms. The van der Waals surface area contributed by atoms with Crippen molar-refractivity contribution in [3.05, 3.63) is 59.9 Å². The van der Waals surface area contributed by atoms with Gasteiger partial charge < -0.3 is 14.7 Å². The Morgan fingerprint density at radius 1 is 0.969 bits per heavy atom. The van der Waals surface area contributed by atoms with Crippen LogP contribution in [-0.2, 0) is 0 Å². The third-order valence-electron chi connectivity index (χ3n) is 7.29. The van der Waals surface area contributed by atoms with Crippen molar-refractivity contribution in [1.29, 1.82) is 0 Å². The number of amides is 1. The number of carbonyl (C=O) groups excluding carboxylic acids is 1. The van der Waals surface area contributed by atoms with E-state index < -0.39 is 0 Å². The fourth-order valence-corrected chi connectivity index (χ4v) is 5.18. The van der Waals surface area contributed by atoms with Gasteiger partial charge in [0, 0.05) is 24.7 Å². The minimum atomic E-state index is -0.250. The van der Waals surface area contributed by atoms with Gasteiger partial charge in [0.1, 0.15) is 5.82 Å². The molecule has 1 amide bonds. The molecule has 2 aliphatic heterocycles. The summed E-state index contributed by atoms with van der Waals surface area (Å²) in [4.78, 5) is 20.4. The van der Waals surface area contributed by atoms with E-state index in [1.54, 1.807) is 12.1 Å². The Hall–Kier alpha value is -2.24. The summed E-state index contributed by atoms with van der Waals surface area (Å²) in [6, 6.07) is 14.9. The Labute approximate surface area is 192 Å². The maximum atomic E-state index is 13.3. The van der Waals surface area contributed by atoms with Gasteiger partial charge in [-0.25, -0.2) is 4.39 Å². The SMILES string of the molecule is CCN(CC1CCN(C2CCN(C)CC2)CC1)C(=O)c1cccc(-c2ccc(F)cc2)c1. The summed E-state index contributed by atoms with van der Waals surface area (Å²) >= 11 is 0. The number of benzene rings is 2. The van der Waals surface area contributed by atoms with E-state index in [2.05, 4.69) is 23.8 Å². The molecule has 0 saturated carbocycles. The highest BCUT2D eigenvalue weighted by Gasteiger charge is 2.29. The van der Waals surface area contributed by atoms with Crippen molar-refractivity contribution in [2.24, 2.45) is 5.92 Å². The Morgan fingerprint density at radius 3 is 2.31 bits per heavy atom. The molecule has 0 aliphatic carbocycles.